The summed E-state index contributed by atoms with van der Waals surface area (Å²) in [5.74, 6) is 0.203. The van der Waals surface area contributed by atoms with Gasteiger partial charge in [-0.2, -0.15) is 0 Å². The van der Waals surface area contributed by atoms with Gasteiger partial charge in [0.25, 0.3) is 0 Å². The molecule has 0 amide bonds. The Kier molecular flexibility index (Phi) is 8.58. The van der Waals surface area contributed by atoms with E-state index in [4.69, 9.17) is 11.5 Å². The Bertz CT molecular complexity index is 297. The van der Waals surface area contributed by atoms with Crippen molar-refractivity contribution in [2.24, 2.45) is 11.5 Å². The third-order valence-electron chi connectivity index (χ3n) is 1.66. The number of benzene rings is 1. The van der Waals surface area contributed by atoms with E-state index < -0.39 is 0 Å². The smallest absolute Gasteiger partial charge is 0.134 e. The second-order valence-corrected chi connectivity index (χ2v) is 3.35. The van der Waals surface area contributed by atoms with Crippen molar-refractivity contribution < 1.29 is 5.11 Å². The van der Waals surface area contributed by atoms with E-state index in [1.54, 1.807) is 12.1 Å². The molecule has 0 saturated carbocycles. The number of hydrogen-bond donors (Lipinski definition) is 3. The summed E-state index contributed by atoms with van der Waals surface area (Å²) >= 11 is 3.22. The average molecular weight is 304 g/mol. The standard InChI is InChI=1S/C8H11BrN2O.2ClH/c9-7-2-5(3-10)1-6(4-11)8(7)12;;/h1-2,12H,3-4,10-11H2;2*1H. The number of phenolic OH excluding ortho intramolecular Hbond substituents is 1. The predicted octanol–water partition coefficient (Wildman–Crippen LogP) is 1.92. The maximum Gasteiger partial charge on any atom is 0.134 e. The highest BCUT2D eigenvalue weighted by atomic mass is 79.9. The van der Waals surface area contributed by atoms with Gasteiger partial charge in [0.2, 0.25) is 0 Å². The molecule has 6 heteroatoms. The summed E-state index contributed by atoms with van der Waals surface area (Å²) in [7, 11) is 0. The molecule has 0 spiro atoms. The van der Waals surface area contributed by atoms with Gasteiger partial charge in [-0.1, -0.05) is 0 Å². The maximum absolute atomic E-state index is 9.45. The second kappa shape index (κ2) is 7.31. The number of phenols is 1. The van der Waals surface area contributed by atoms with Gasteiger partial charge in [0, 0.05) is 18.7 Å². The van der Waals surface area contributed by atoms with Crippen molar-refractivity contribution in [2.75, 3.05) is 0 Å². The monoisotopic (exact) mass is 302 g/mol. The number of rotatable bonds is 2. The fourth-order valence-corrected chi connectivity index (χ4v) is 1.54. The lowest BCUT2D eigenvalue weighted by molar-refractivity contribution is 0.464. The molecule has 0 aliphatic carbocycles. The number of halogens is 3. The summed E-state index contributed by atoms with van der Waals surface area (Å²) < 4.78 is 0.644. The zero-order valence-electron chi connectivity index (χ0n) is 7.37. The maximum atomic E-state index is 9.45. The molecule has 0 atom stereocenters. The van der Waals surface area contributed by atoms with E-state index in [1.165, 1.54) is 0 Å². The molecule has 1 aromatic rings. The van der Waals surface area contributed by atoms with Gasteiger partial charge in [-0.05, 0) is 33.6 Å². The van der Waals surface area contributed by atoms with Gasteiger partial charge in [0.1, 0.15) is 5.75 Å². The molecule has 0 unspecified atom stereocenters. The highest BCUT2D eigenvalue weighted by molar-refractivity contribution is 9.10. The molecule has 82 valence electrons. The van der Waals surface area contributed by atoms with Gasteiger partial charge in [-0.3, -0.25) is 0 Å². The van der Waals surface area contributed by atoms with Crippen LogP contribution in [0.2, 0.25) is 0 Å². The first-order chi connectivity index (χ1) is 5.69. The van der Waals surface area contributed by atoms with Crippen LogP contribution >= 0.6 is 40.7 Å². The van der Waals surface area contributed by atoms with Crippen molar-refractivity contribution in [3.05, 3.63) is 27.7 Å². The van der Waals surface area contributed by atoms with Crippen LogP contribution in [0.4, 0.5) is 0 Å². The molecule has 0 aliphatic rings. The highest BCUT2D eigenvalue weighted by Gasteiger charge is 2.05. The molecule has 5 N–H and O–H groups in total. The van der Waals surface area contributed by atoms with Crippen LogP contribution in [0.3, 0.4) is 0 Å². The fraction of sp³-hybridized carbons (Fsp3) is 0.250. The number of hydrogen-bond acceptors (Lipinski definition) is 3. The van der Waals surface area contributed by atoms with Crippen molar-refractivity contribution in [2.45, 2.75) is 13.1 Å². The lowest BCUT2D eigenvalue weighted by Gasteiger charge is -2.06. The predicted molar refractivity (Wildman–Crippen MR) is 66.1 cm³/mol. The summed E-state index contributed by atoms with van der Waals surface area (Å²) in [6.07, 6.45) is 0. The minimum absolute atomic E-state index is 0. The van der Waals surface area contributed by atoms with E-state index in [1.807, 2.05) is 0 Å². The van der Waals surface area contributed by atoms with Crippen LogP contribution in [0.15, 0.2) is 16.6 Å². The van der Waals surface area contributed by atoms with Crippen molar-refractivity contribution in [3.63, 3.8) is 0 Å². The van der Waals surface area contributed by atoms with E-state index in [0.29, 0.717) is 23.1 Å². The first-order valence-corrected chi connectivity index (χ1v) is 4.38. The van der Waals surface area contributed by atoms with Crippen LogP contribution in [-0.2, 0) is 13.1 Å². The number of nitrogens with two attached hydrogens (primary N) is 2. The molecular weight excluding hydrogens is 291 g/mol. The van der Waals surface area contributed by atoms with Crippen molar-refractivity contribution in [3.8, 4) is 5.75 Å². The summed E-state index contributed by atoms with van der Waals surface area (Å²) in [5.41, 5.74) is 12.5. The molecule has 0 bridgehead atoms. The molecule has 0 heterocycles. The minimum Gasteiger partial charge on any atom is -0.506 e. The van der Waals surface area contributed by atoms with Gasteiger partial charge >= 0.3 is 0 Å². The van der Waals surface area contributed by atoms with Gasteiger partial charge in [-0.25, -0.2) is 0 Å². The highest BCUT2D eigenvalue weighted by Crippen LogP contribution is 2.28. The van der Waals surface area contributed by atoms with E-state index >= 15 is 0 Å². The molecule has 0 radical (unpaired) electrons. The Balaban J connectivity index is 0. The molecule has 0 fully saturated rings. The van der Waals surface area contributed by atoms with Crippen molar-refractivity contribution >= 4 is 40.7 Å². The molecule has 3 nitrogen and oxygen atoms in total. The van der Waals surface area contributed by atoms with Crippen molar-refractivity contribution in [1.82, 2.24) is 0 Å². The van der Waals surface area contributed by atoms with Crippen LogP contribution in [0.5, 0.6) is 5.75 Å². The van der Waals surface area contributed by atoms with Crippen molar-refractivity contribution in [1.29, 1.82) is 0 Å². The second-order valence-electron chi connectivity index (χ2n) is 2.49. The van der Waals surface area contributed by atoms with E-state index in [9.17, 15) is 5.11 Å². The topological polar surface area (TPSA) is 72.3 Å². The van der Waals surface area contributed by atoms with Gasteiger partial charge in [0.15, 0.2) is 0 Å². The zero-order valence-corrected chi connectivity index (χ0v) is 10.6. The molecule has 0 aliphatic heterocycles. The molecular formula is C8H13BrCl2N2O. The molecule has 1 aromatic carbocycles. The Labute approximate surface area is 104 Å². The van der Waals surface area contributed by atoms with Crippen LogP contribution in [-0.4, -0.2) is 5.11 Å². The fourth-order valence-electron chi connectivity index (χ4n) is 0.992. The van der Waals surface area contributed by atoms with Gasteiger partial charge in [-0.15, -0.1) is 24.8 Å². The van der Waals surface area contributed by atoms with E-state index in [-0.39, 0.29) is 30.6 Å². The lowest BCUT2D eigenvalue weighted by atomic mass is 10.1. The average Bonchev–Trinajstić information content (AvgIpc) is 2.09. The van der Waals surface area contributed by atoms with E-state index in [2.05, 4.69) is 15.9 Å². The van der Waals surface area contributed by atoms with Crippen LogP contribution in [0.25, 0.3) is 0 Å². The number of aromatic hydroxyl groups is 1. The van der Waals surface area contributed by atoms with Crippen LogP contribution in [0.1, 0.15) is 11.1 Å². The quantitative estimate of drug-likeness (QED) is 0.781. The Morgan fingerprint density at radius 1 is 1.14 bits per heavy atom. The van der Waals surface area contributed by atoms with Gasteiger partial charge < -0.3 is 16.6 Å². The SMILES string of the molecule is Cl.Cl.NCc1cc(Br)c(O)c(CN)c1. The molecule has 14 heavy (non-hydrogen) atoms. The Morgan fingerprint density at radius 2 is 1.71 bits per heavy atom. The summed E-state index contributed by atoms with van der Waals surface area (Å²) in [6.45, 7) is 0.768. The molecule has 1 rings (SSSR count). The van der Waals surface area contributed by atoms with Crippen LogP contribution < -0.4 is 11.5 Å². The third-order valence-corrected chi connectivity index (χ3v) is 2.26. The first kappa shape index (κ1) is 16.4. The first-order valence-electron chi connectivity index (χ1n) is 3.59. The lowest BCUT2D eigenvalue weighted by Crippen LogP contribution is -2.01. The molecule has 0 aromatic heterocycles. The van der Waals surface area contributed by atoms with Crippen LogP contribution in [0, 0.1) is 0 Å². The minimum atomic E-state index is 0. The third kappa shape index (κ3) is 3.63. The summed E-state index contributed by atoms with van der Waals surface area (Å²) in [6, 6.07) is 3.59. The normalized spacial score (nSPS) is 8.79. The largest absolute Gasteiger partial charge is 0.506 e. The summed E-state index contributed by atoms with van der Waals surface area (Å²) in [4.78, 5) is 0. The van der Waals surface area contributed by atoms with Gasteiger partial charge in [0.05, 0.1) is 4.47 Å². The molecule has 0 saturated heterocycles. The zero-order chi connectivity index (χ0) is 9.14. The van der Waals surface area contributed by atoms with E-state index in [0.717, 1.165) is 5.56 Å². The summed E-state index contributed by atoms with van der Waals surface area (Å²) in [5, 5.41) is 9.45. The Morgan fingerprint density at radius 3 is 2.14 bits per heavy atom. The Hall–Kier alpha value is -0.000000000000000139.